The lowest BCUT2D eigenvalue weighted by Crippen LogP contribution is -2.44. The summed E-state index contributed by atoms with van der Waals surface area (Å²) in [5.41, 5.74) is 1.90. The number of fused-ring (bicyclic) bond motifs is 1. The number of likely N-dealkylation sites (N-methyl/N-ethyl adjacent to an activating group) is 1. The summed E-state index contributed by atoms with van der Waals surface area (Å²) in [6.07, 6.45) is 0.941. The van der Waals surface area contributed by atoms with Crippen molar-refractivity contribution in [2.45, 2.75) is 24.3 Å². The average molecular weight is 365 g/mol. The highest BCUT2D eigenvalue weighted by Gasteiger charge is 2.36. The van der Waals surface area contributed by atoms with Gasteiger partial charge in [-0.25, -0.2) is 13.2 Å². The predicted octanol–water partition coefficient (Wildman–Crippen LogP) is 2.81. The molecule has 2 aromatic rings. The second-order valence-electron chi connectivity index (χ2n) is 5.64. The molecule has 0 radical (unpaired) electrons. The smallest absolute Gasteiger partial charge is 0.319 e. The van der Waals surface area contributed by atoms with Crippen molar-refractivity contribution in [1.29, 1.82) is 0 Å². The van der Waals surface area contributed by atoms with Gasteiger partial charge in [0.15, 0.2) is 0 Å². The number of nitrogens with one attached hydrogen (secondary N) is 2. The minimum absolute atomic E-state index is 0.220. The number of sulfonamides is 1. The van der Waals surface area contributed by atoms with Gasteiger partial charge in [0, 0.05) is 24.2 Å². The number of anilines is 1. The van der Waals surface area contributed by atoms with Crippen molar-refractivity contribution < 1.29 is 13.2 Å². The Morgan fingerprint density at radius 1 is 1.29 bits per heavy atom. The van der Waals surface area contributed by atoms with Crippen LogP contribution in [0, 0.1) is 0 Å². The Kier molecular flexibility index (Phi) is 4.62. The quantitative estimate of drug-likeness (QED) is 0.878. The van der Waals surface area contributed by atoms with Crippen molar-refractivity contribution in [3.63, 3.8) is 0 Å². The number of aryl methyl sites for hydroxylation is 1. The molecule has 24 heavy (non-hydrogen) atoms. The number of urea groups is 1. The van der Waals surface area contributed by atoms with E-state index in [0.29, 0.717) is 10.6 Å². The molecule has 0 spiro atoms. The number of hydrogen-bond donors (Lipinski definition) is 2. The van der Waals surface area contributed by atoms with E-state index in [1.807, 2.05) is 24.3 Å². The molecule has 0 aliphatic carbocycles. The van der Waals surface area contributed by atoms with E-state index < -0.39 is 10.0 Å². The molecular weight excluding hydrogens is 346 g/mol. The Morgan fingerprint density at radius 3 is 2.67 bits per heavy atom. The third-order valence-corrected chi connectivity index (χ3v) is 7.07. The summed E-state index contributed by atoms with van der Waals surface area (Å²) in [7, 11) is -1.92. The van der Waals surface area contributed by atoms with Crippen molar-refractivity contribution in [1.82, 2.24) is 9.62 Å². The van der Waals surface area contributed by atoms with Gasteiger partial charge in [0.05, 0.1) is 10.9 Å². The molecule has 3 rings (SSSR count). The molecule has 1 atom stereocenters. The van der Waals surface area contributed by atoms with E-state index in [1.54, 1.807) is 11.4 Å². The first kappa shape index (κ1) is 16.9. The van der Waals surface area contributed by atoms with Gasteiger partial charge < -0.3 is 10.6 Å². The first-order valence-corrected chi connectivity index (χ1v) is 9.94. The first-order chi connectivity index (χ1) is 11.4. The number of carbonyl (C=O) groups excluding carboxylic acids is 1. The number of rotatable bonds is 3. The molecule has 1 aliphatic heterocycles. The molecule has 2 amide bonds. The topological polar surface area (TPSA) is 78.5 Å². The van der Waals surface area contributed by atoms with Gasteiger partial charge in [-0.1, -0.05) is 19.1 Å². The molecule has 2 heterocycles. The number of hydrogen-bond acceptors (Lipinski definition) is 4. The fourth-order valence-electron chi connectivity index (χ4n) is 2.64. The van der Waals surface area contributed by atoms with Gasteiger partial charge in [0.25, 0.3) is 0 Å². The lowest BCUT2D eigenvalue weighted by Gasteiger charge is -2.29. The van der Waals surface area contributed by atoms with Crippen LogP contribution in [0.15, 0.2) is 40.6 Å². The number of thiophene rings is 1. The van der Waals surface area contributed by atoms with Crippen molar-refractivity contribution >= 4 is 33.1 Å². The Labute approximate surface area is 145 Å². The van der Waals surface area contributed by atoms with E-state index in [9.17, 15) is 13.2 Å². The van der Waals surface area contributed by atoms with Crippen LogP contribution in [0.25, 0.3) is 0 Å². The molecule has 1 aliphatic rings. The number of nitrogens with zero attached hydrogens (tertiary/aromatic N) is 1. The zero-order valence-electron chi connectivity index (χ0n) is 13.4. The highest BCUT2D eigenvalue weighted by Crippen LogP contribution is 2.35. The summed E-state index contributed by atoms with van der Waals surface area (Å²) in [5, 5.41) is 7.38. The summed E-state index contributed by atoms with van der Waals surface area (Å²) in [5.74, 6) is 0. The molecule has 0 bridgehead atoms. The number of amides is 2. The average Bonchev–Trinajstić information content (AvgIpc) is 3.04. The normalized spacial score (nSPS) is 19.5. The maximum Gasteiger partial charge on any atom is 0.319 e. The Hall–Kier alpha value is -1.90. The molecule has 6 nitrogen and oxygen atoms in total. The summed E-state index contributed by atoms with van der Waals surface area (Å²) in [4.78, 5) is 13.2. The van der Waals surface area contributed by atoms with Crippen molar-refractivity contribution in [2.75, 3.05) is 18.9 Å². The van der Waals surface area contributed by atoms with E-state index in [-0.39, 0.29) is 23.5 Å². The van der Waals surface area contributed by atoms with Gasteiger partial charge in [-0.2, -0.15) is 4.31 Å². The summed E-state index contributed by atoms with van der Waals surface area (Å²) < 4.78 is 25.8. The van der Waals surface area contributed by atoms with E-state index in [4.69, 9.17) is 0 Å². The van der Waals surface area contributed by atoms with E-state index >= 15 is 0 Å². The highest BCUT2D eigenvalue weighted by molar-refractivity contribution is 7.89. The summed E-state index contributed by atoms with van der Waals surface area (Å²) in [6.45, 7) is 2.29. The van der Waals surface area contributed by atoms with Crippen LogP contribution < -0.4 is 10.6 Å². The molecule has 0 saturated carbocycles. The van der Waals surface area contributed by atoms with Crippen LogP contribution in [0.5, 0.6) is 0 Å². The Morgan fingerprint density at radius 2 is 2.00 bits per heavy atom. The Balaban J connectivity index is 1.73. The monoisotopic (exact) mass is 365 g/mol. The van der Waals surface area contributed by atoms with Crippen LogP contribution in [0.2, 0.25) is 0 Å². The third-order valence-electron chi connectivity index (χ3n) is 4.03. The molecule has 128 valence electrons. The van der Waals surface area contributed by atoms with Crippen molar-refractivity contribution in [3.8, 4) is 0 Å². The fourth-order valence-corrected chi connectivity index (χ4v) is 5.34. The minimum Gasteiger partial charge on any atom is -0.329 e. The molecular formula is C16H19N3O3S2. The van der Waals surface area contributed by atoms with E-state index in [2.05, 4.69) is 17.6 Å². The molecule has 1 aromatic heterocycles. The van der Waals surface area contributed by atoms with Crippen LogP contribution in [0.3, 0.4) is 0 Å². The second-order valence-corrected chi connectivity index (χ2v) is 8.60. The van der Waals surface area contributed by atoms with Gasteiger partial charge in [-0.05, 0) is 35.6 Å². The summed E-state index contributed by atoms with van der Waals surface area (Å²) in [6, 6.07) is 8.52. The van der Waals surface area contributed by atoms with Crippen LogP contribution in [0.4, 0.5) is 10.5 Å². The van der Waals surface area contributed by atoms with Crippen LogP contribution in [-0.4, -0.2) is 32.3 Å². The van der Waals surface area contributed by atoms with Crippen molar-refractivity contribution in [3.05, 3.63) is 46.2 Å². The fraction of sp³-hybridized carbons (Fsp3) is 0.312. The zero-order valence-corrected chi connectivity index (χ0v) is 15.1. The van der Waals surface area contributed by atoms with E-state index in [1.165, 1.54) is 28.3 Å². The van der Waals surface area contributed by atoms with Crippen molar-refractivity contribution in [2.24, 2.45) is 0 Å². The molecule has 2 N–H and O–H groups in total. The van der Waals surface area contributed by atoms with Crippen LogP contribution in [-0.2, 0) is 16.4 Å². The van der Waals surface area contributed by atoms with Gasteiger partial charge in [0.2, 0.25) is 10.0 Å². The second kappa shape index (κ2) is 6.54. The van der Waals surface area contributed by atoms with Gasteiger partial charge in [-0.3, -0.25) is 0 Å². The van der Waals surface area contributed by atoms with Crippen LogP contribution in [0.1, 0.15) is 23.4 Å². The number of benzene rings is 1. The lowest BCUT2D eigenvalue weighted by molar-refractivity contribution is 0.246. The molecule has 8 heteroatoms. The van der Waals surface area contributed by atoms with Crippen LogP contribution >= 0.6 is 11.3 Å². The van der Waals surface area contributed by atoms with Gasteiger partial charge in [0.1, 0.15) is 0 Å². The highest BCUT2D eigenvalue weighted by atomic mass is 32.2. The molecule has 0 saturated heterocycles. The SMILES string of the molecule is CCc1ccc(NC(=O)N[C@H]2CN(C)S(=O)(=O)c3ccsc32)cc1. The predicted molar refractivity (Wildman–Crippen MR) is 94.9 cm³/mol. The van der Waals surface area contributed by atoms with Gasteiger partial charge >= 0.3 is 6.03 Å². The standard InChI is InChI=1S/C16H19N3O3S2/c1-3-11-4-6-12(7-5-11)17-16(20)18-13-10-19(2)24(21,22)14-8-9-23-15(13)14/h4-9,13H,3,10H2,1-2H3,(H2,17,18,20)/t13-/m0/s1. The van der Waals surface area contributed by atoms with Gasteiger partial charge in [-0.15, -0.1) is 11.3 Å². The molecule has 1 aromatic carbocycles. The maximum atomic E-state index is 12.3. The molecule has 0 unspecified atom stereocenters. The number of carbonyl (C=O) groups is 1. The third kappa shape index (κ3) is 3.17. The first-order valence-electron chi connectivity index (χ1n) is 7.62. The maximum absolute atomic E-state index is 12.3. The minimum atomic E-state index is -3.44. The van der Waals surface area contributed by atoms with E-state index in [0.717, 1.165) is 6.42 Å². The lowest BCUT2D eigenvalue weighted by atomic mass is 10.1. The molecule has 0 fully saturated rings. The summed E-state index contributed by atoms with van der Waals surface area (Å²) >= 11 is 1.34. The largest absolute Gasteiger partial charge is 0.329 e. The Bertz CT molecular complexity index is 844. The zero-order chi connectivity index (χ0) is 17.3.